The van der Waals surface area contributed by atoms with Crippen LogP contribution in [0.4, 0.5) is 0 Å². The van der Waals surface area contributed by atoms with Gasteiger partial charge in [-0.3, -0.25) is 9.59 Å². The van der Waals surface area contributed by atoms with Crippen molar-refractivity contribution in [1.82, 2.24) is 5.32 Å². The van der Waals surface area contributed by atoms with Crippen molar-refractivity contribution in [2.24, 2.45) is 0 Å². The van der Waals surface area contributed by atoms with Crippen LogP contribution >= 0.6 is 0 Å². The highest BCUT2D eigenvalue weighted by Crippen LogP contribution is 2.12. The summed E-state index contributed by atoms with van der Waals surface area (Å²) >= 11 is 0. The van der Waals surface area contributed by atoms with Crippen LogP contribution in [0, 0.1) is 0 Å². The minimum atomic E-state index is -0.866. The predicted octanol–water partition coefficient (Wildman–Crippen LogP) is 2.23. The molecule has 1 aromatic rings. The number of aliphatic carboxylic acids is 1. The van der Waals surface area contributed by atoms with Crippen LogP contribution in [0.15, 0.2) is 36.9 Å². The number of carboxylic acids is 1. The van der Waals surface area contributed by atoms with Crippen LogP contribution in [-0.4, -0.2) is 29.6 Å². The Morgan fingerprint density at radius 3 is 2.60 bits per heavy atom. The van der Waals surface area contributed by atoms with Crippen LogP contribution in [0.1, 0.15) is 30.1 Å². The number of amides is 1. The van der Waals surface area contributed by atoms with Crippen molar-refractivity contribution in [2.45, 2.75) is 25.8 Å². The van der Waals surface area contributed by atoms with Gasteiger partial charge in [0.15, 0.2) is 0 Å². The standard InChI is InChI=1S/C15H19NO4/c1-3-10-20-13-7-5-12(6-8-13)15(19)16-11(2)4-9-14(17)18/h3,5-8,11H,1,4,9-10H2,2H3,(H,16,19)(H,17,18). The molecule has 20 heavy (non-hydrogen) atoms. The van der Waals surface area contributed by atoms with Crippen LogP contribution in [0.2, 0.25) is 0 Å². The van der Waals surface area contributed by atoms with E-state index in [0.29, 0.717) is 24.3 Å². The lowest BCUT2D eigenvalue weighted by atomic mass is 10.1. The average Bonchev–Trinajstić information content (AvgIpc) is 2.43. The fourth-order valence-corrected chi connectivity index (χ4v) is 1.58. The number of hydrogen-bond donors (Lipinski definition) is 2. The van der Waals surface area contributed by atoms with Crippen LogP contribution in [0.5, 0.6) is 5.75 Å². The first-order chi connectivity index (χ1) is 9.52. The molecule has 0 aliphatic carbocycles. The molecule has 0 aromatic heterocycles. The van der Waals surface area contributed by atoms with Crippen molar-refractivity contribution in [1.29, 1.82) is 0 Å². The quantitative estimate of drug-likeness (QED) is 0.714. The van der Waals surface area contributed by atoms with E-state index in [1.54, 1.807) is 37.3 Å². The zero-order chi connectivity index (χ0) is 15.0. The highest BCUT2D eigenvalue weighted by molar-refractivity contribution is 5.94. The SMILES string of the molecule is C=CCOc1ccc(C(=O)NC(C)CCC(=O)O)cc1. The van der Waals surface area contributed by atoms with Gasteiger partial charge in [0.2, 0.25) is 0 Å². The second-order valence-electron chi connectivity index (χ2n) is 4.43. The van der Waals surface area contributed by atoms with Crippen molar-refractivity contribution in [2.75, 3.05) is 6.61 Å². The topological polar surface area (TPSA) is 75.6 Å². The number of benzene rings is 1. The Morgan fingerprint density at radius 1 is 1.40 bits per heavy atom. The van der Waals surface area contributed by atoms with E-state index in [4.69, 9.17) is 9.84 Å². The first-order valence-corrected chi connectivity index (χ1v) is 6.39. The molecule has 0 saturated carbocycles. The van der Waals surface area contributed by atoms with Gasteiger partial charge < -0.3 is 15.2 Å². The average molecular weight is 277 g/mol. The first kappa shape index (κ1) is 15.8. The van der Waals surface area contributed by atoms with E-state index in [-0.39, 0.29) is 18.4 Å². The molecule has 0 fully saturated rings. The van der Waals surface area contributed by atoms with Crippen molar-refractivity contribution in [3.8, 4) is 5.75 Å². The van der Waals surface area contributed by atoms with Gasteiger partial charge in [0.05, 0.1) is 0 Å². The molecule has 5 heteroatoms. The Hall–Kier alpha value is -2.30. The molecular weight excluding hydrogens is 258 g/mol. The molecule has 0 radical (unpaired) electrons. The summed E-state index contributed by atoms with van der Waals surface area (Å²) in [6, 6.07) is 6.56. The molecule has 1 unspecified atom stereocenters. The third-order valence-corrected chi connectivity index (χ3v) is 2.65. The van der Waals surface area contributed by atoms with Gasteiger partial charge in [0, 0.05) is 18.0 Å². The molecule has 0 aliphatic heterocycles. The Kier molecular flexibility index (Phi) is 6.29. The van der Waals surface area contributed by atoms with E-state index >= 15 is 0 Å². The summed E-state index contributed by atoms with van der Waals surface area (Å²) in [6.07, 6.45) is 2.09. The maximum atomic E-state index is 11.9. The van der Waals surface area contributed by atoms with Gasteiger partial charge in [-0.1, -0.05) is 12.7 Å². The lowest BCUT2D eigenvalue weighted by Crippen LogP contribution is -2.32. The van der Waals surface area contributed by atoms with E-state index in [1.807, 2.05) is 0 Å². The summed E-state index contributed by atoms with van der Waals surface area (Å²) in [5, 5.41) is 11.3. The Bertz CT molecular complexity index is 467. The van der Waals surface area contributed by atoms with Crippen molar-refractivity contribution >= 4 is 11.9 Å². The zero-order valence-electron chi connectivity index (χ0n) is 11.5. The van der Waals surface area contributed by atoms with Crippen molar-refractivity contribution in [3.05, 3.63) is 42.5 Å². The van der Waals surface area contributed by atoms with Gasteiger partial charge >= 0.3 is 5.97 Å². The Balaban J connectivity index is 2.50. The van der Waals surface area contributed by atoms with Crippen LogP contribution in [0.25, 0.3) is 0 Å². The molecule has 1 amide bonds. The largest absolute Gasteiger partial charge is 0.490 e. The van der Waals surface area contributed by atoms with Gasteiger partial charge in [0.1, 0.15) is 12.4 Å². The molecular formula is C15H19NO4. The van der Waals surface area contributed by atoms with Crippen molar-refractivity contribution < 1.29 is 19.4 Å². The highest BCUT2D eigenvalue weighted by Gasteiger charge is 2.11. The summed E-state index contributed by atoms with van der Waals surface area (Å²) in [5.74, 6) is -0.423. The van der Waals surface area contributed by atoms with Crippen molar-refractivity contribution in [3.63, 3.8) is 0 Å². The summed E-state index contributed by atoms with van der Waals surface area (Å²) in [4.78, 5) is 22.4. The van der Waals surface area contributed by atoms with E-state index in [1.165, 1.54) is 0 Å². The fourth-order valence-electron chi connectivity index (χ4n) is 1.58. The number of nitrogens with one attached hydrogen (secondary N) is 1. The van der Waals surface area contributed by atoms with Crippen LogP contribution in [-0.2, 0) is 4.79 Å². The van der Waals surface area contributed by atoms with Gasteiger partial charge in [-0.05, 0) is 37.6 Å². The molecule has 0 spiro atoms. The highest BCUT2D eigenvalue weighted by atomic mass is 16.5. The van der Waals surface area contributed by atoms with E-state index in [9.17, 15) is 9.59 Å². The Morgan fingerprint density at radius 2 is 2.05 bits per heavy atom. The molecule has 0 aliphatic rings. The summed E-state index contributed by atoms with van der Waals surface area (Å²) in [5.41, 5.74) is 0.512. The number of hydrogen-bond acceptors (Lipinski definition) is 3. The van der Waals surface area contributed by atoms with Gasteiger partial charge in [0.25, 0.3) is 5.91 Å². The van der Waals surface area contributed by atoms with Crippen LogP contribution < -0.4 is 10.1 Å². The number of carbonyl (C=O) groups is 2. The van der Waals surface area contributed by atoms with Gasteiger partial charge in [-0.2, -0.15) is 0 Å². The summed E-state index contributed by atoms with van der Waals surface area (Å²) in [7, 11) is 0. The summed E-state index contributed by atoms with van der Waals surface area (Å²) < 4.78 is 5.32. The molecule has 108 valence electrons. The third-order valence-electron chi connectivity index (χ3n) is 2.65. The molecule has 2 N–H and O–H groups in total. The molecule has 0 saturated heterocycles. The monoisotopic (exact) mass is 277 g/mol. The van der Waals surface area contributed by atoms with Gasteiger partial charge in [-0.25, -0.2) is 0 Å². The summed E-state index contributed by atoms with van der Waals surface area (Å²) in [6.45, 7) is 5.75. The third kappa shape index (κ3) is 5.56. The second kappa shape index (κ2) is 7.99. The number of carboxylic acid groups (broad SMARTS) is 1. The first-order valence-electron chi connectivity index (χ1n) is 6.39. The molecule has 5 nitrogen and oxygen atoms in total. The molecule has 0 bridgehead atoms. The minimum absolute atomic E-state index is 0.0375. The van der Waals surface area contributed by atoms with Gasteiger partial charge in [-0.15, -0.1) is 0 Å². The lowest BCUT2D eigenvalue weighted by molar-refractivity contribution is -0.137. The number of carbonyl (C=O) groups excluding carboxylic acids is 1. The molecule has 1 aromatic carbocycles. The smallest absolute Gasteiger partial charge is 0.303 e. The lowest BCUT2D eigenvalue weighted by Gasteiger charge is -2.13. The minimum Gasteiger partial charge on any atom is -0.490 e. The molecule has 1 atom stereocenters. The maximum absolute atomic E-state index is 11.9. The Labute approximate surface area is 118 Å². The number of rotatable bonds is 8. The predicted molar refractivity (Wildman–Crippen MR) is 75.9 cm³/mol. The molecule has 0 heterocycles. The van der Waals surface area contributed by atoms with E-state index in [2.05, 4.69) is 11.9 Å². The zero-order valence-corrected chi connectivity index (χ0v) is 11.5. The fraction of sp³-hybridized carbons (Fsp3) is 0.333. The maximum Gasteiger partial charge on any atom is 0.303 e. The van der Waals surface area contributed by atoms with E-state index < -0.39 is 5.97 Å². The van der Waals surface area contributed by atoms with E-state index in [0.717, 1.165) is 0 Å². The normalized spacial score (nSPS) is 11.4. The second-order valence-corrected chi connectivity index (χ2v) is 4.43. The molecule has 1 rings (SSSR count). The number of ether oxygens (including phenoxy) is 1. The van der Waals surface area contributed by atoms with Crippen LogP contribution in [0.3, 0.4) is 0 Å².